The van der Waals surface area contributed by atoms with Crippen LogP contribution in [0.4, 0.5) is 0 Å². The van der Waals surface area contributed by atoms with Crippen LogP contribution in [0.2, 0.25) is 10.6 Å². The zero-order valence-electron chi connectivity index (χ0n) is 4.73. The molecule has 0 aromatic rings. The first-order valence-electron chi connectivity index (χ1n) is 2.45. The predicted octanol–water partition coefficient (Wildman–Crippen LogP) is 1.19. The fraction of sp³-hybridized carbons (Fsp3) is 1.00. The quantitative estimate of drug-likeness (QED) is 0.546. The average Bonchev–Trinajstić information content (AvgIpc) is 1.84. The van der Waals surface area contributed by atoms with Crippen LogP contribution < -0.4 is 0 Å². The third-order valence-electron chi connectivity index (χ3n) is 0.983. The molecule has 0 unspecified atom stereocenters. The number of rotatable bonds is 0. The molecule has 0 nitrogen and oxygen atoms in total. The van der Waals surface area contributed by atoms with Crippen LogP contribution in [-0.2, 0) is 0 Å². The molecule has 0 spiro atoms. The number of hydrogen-bond donors (Lipinski definition) is 0. The monoisotopic (exact) mass is 230 g/mol. The van der Waals surface area contributed by atoms with E-state index in [1.807, 2.05) is 0 Å². The fourth-order valence-corrected chi connectivity index (χ4v) is 12.0. The molecule has 0 aromatic carbocycles. The van der Waals surface area contributed by atoms with Crippen LogP contribution in [0.5, 0.6) is 0 Å². The molecule has 1 saturated heterocycles. The summed E-state index contributed by atoms with van der Waals surface area (Å²) in [5, 5.41) is 3.08. The average molecular weight is 228 g/mol. The molecule has 0 N–H and O–H groups in total. The van der Waals surface area contributed by atoms with E-state index in [0.29, 0.717) is 0 Å². The van der Waals surface area contributed by atoms with Gasteiger partial charge in [0.05, 0.1) is 0 Å². The molecule has 0 radical (unpaired) electrons. The molecule has 42 valence electrons. The van der Waals surface area contributed by atoms with Crippen LogP contribution in [0, 0.1) is 5.41 Å². The topological polar surface area (TPSA) is 0 Å². The number of hydrogen-bond acceptors (Lipinski definition) is 0. The van der Waals surface area contributed by atoms with Gasteiger partial charge >= 0.3 is 56.2 Å². The summed E-state index contributed by atoms with van der Waals surface area (Å²) in [4.78, 5) is 0. The normalized spacial score (nSPS) is 28.3. The minimum absolute atomic E-state index is 0.750. The molecule has 0 atom stereocenters. The Morgan fingerprint density at radius 3 is 1.71 bits per heavy atom. The third-order valence-corrected chi connectivity index (χ3v) is 9.49. The Bertz CT molecular complexity index is 60.5. The first-order valence-corrected chi connectivity index (χ1v) is 9.21. The summed E-state index contributed by atoms with van der Waals surface area (Å²) >= 11 is 2.13. The Morgan fingerprint density at radius 2 is 1.57 bits per heavy atom. The molecule has 2 heteroatoms. The first-order chi connectivity index (χ1) is 3.21. The van der Waals surface area contributed by atoms with E-state index >= 15 is 0 Å². The van der Waals surface area contributed by atoms with Crippen molar-refractivity contribution < 1.29 is 0 Å². The summed E-state index contributed by atoms with van der Waals surface area (Å²) in [7, 11) is 0. The molecule has 1 rings (SSSR count). The Balaban J connectivity index is 2.40. The van der Waals surface area contributed by atoms with Crippen molar-refractivity contribution in [2.75, 3.05) is 0 Å². The van der Waals surface area contributed by atoms with Gasteiger partial charge in [-0.1, -0.05) is 0 Å². The second-order valence-electron chi connectivity index (χ2n) is 2.69. The van der Waals surface area contributed by atoms with E-state index in [1.54, 1.807) is 10.6 Å². The van der Waals surface area contributed by atoms with Gasteiger partial charge in [-0.3, -0.25) is 0 Å². The van der Waals surface area contributed by atoms with Crippen LogP contribution in [0.3, 0.4) is 0 Å². The van der Waals surface area contributed by atoms with E-state index in [2.05, 4.69) is 13.8 Å². The second-order valence-corrected chi connectivity index (χ2v) is 10.0. The fourth-order valence-electron chi connectivity index (χ4n) is 0.444. The van der Waals surface area contributed by atoms with Crippen molar-refractivity contribution in [2.45, 2.75) is 24.5 Å². The van der Waals surface area contributed by atoms with Crippen LogP contribution in [0.15, 0.2) is 0 Å². The molecule has 0 bridgehead atoms. The van der Waals surface area contributed by atoms with E-state index in [9.17, 15) is 0 Å². The van der Waals surface area contributed by atoms with Crippen molar-refractivity contribution in [1.82, 2.24) is 0 Å². The maximum absolute atomic E-state index is 2.39. The Morgan fingerprint density at radius 1 is 1.14 bits per heavy atom. The van der Waals surface area contributed by atoms with Gasteiger partial charge in [0, 0.05) is 0 Å². The molecule has 0 aromatic heterocycles. The molecule has 7 heavy (non-hydrogen) atoms. The Kier molecular flexibility index (Phi) is 1.85. The molecular formula is C5H10Se2. The molecule has 1 aliphatic heterocycles. The second kappa shape index (κ2) is 2.11. The summed E-state index contributed by atoms with van der Waals surface area (Å²) in [5.74, 6) is 0. The Hall–Kier alpha value is 1.04. The molecule has 0 saturated carbocycles. The van der Waals surface area contributed by atoms with Crippen molar-refractivity contribution >= 4 is 26.3 Å². The standard InChI is InChI=1S/C5H10Se2/c1-5(2)3-6-7-4-5/h3-4H2,1-2H3. The van der Waals surface area contributed by atoms with Crippen LogP contribution in [-0.4, -0.2) is 26.3 Å². The minimum atomic E-state index is 0.750. The van der Waals surface area contributed by atoms with Crippen molar-refractivity contribution in [3.63, 3.8) is 0 Å². The zero-order valence-corrected chi connectivity index (χ0v) is 8.16. The van der Waals surface area contributed by atoms with Crippen molar-refractivity contribution in [2.24, 2.45) is 5.41 Å². The van der Waals surface area contributed by atoms with Gasteiger partial charge < -0.3 is 0 Å². The van der Waals surface area contributed by atoms with Crippen LogP contribution >= 0.6 is 0 Å². The molecule has 0 amide bonds. The summed E-state index contributed by atoms with van der Waals surface area (Å²) in [5.41, 5.74) is 0.750. The molecule has 1 heterocycles. The van der Waals surface area contributed by atoms with Gasteiger partial charge in [0.1, 0.15) is 0 Å². The molecule has 1 fully saturated rings. The summed E-state index contributed by atoms with van der Waals surface area (Å²) < 4.78 is 0. The first kappa shape index (κ1) is 6.16. The summed E-state index contributed by atoms with van der Waals surface area (Å²) in [6.07, 6.45) is 0. The van der Waals surface area contributed by atoms with Crippen LogP contribution in [0.1, 0.15) is 13.8 Å². The molecular weight excluding hydrogens is 218 g/mol. The van der Waals surface area contributed by atoms with Crippen LogP contribution in [0.25, 0.3) is 0 Å². The van der Waals surface area contributed by atoms with Gasteiger partial charge in [0.25, 0.3) is 0 Å². The zero-order chi connectivity index (χ0) is 5.33. The Labute approximate surface area is 56.3 Å². The SMILES string of the molecule is CC1(C)C[Se][Se]C1. The van der Waals surface area contributed by atoms with Gasteiger partial charge in [0.2, 0.25) is 0 Å². The van der Waals surface area contributed by atoms with E-state index in [1.165, 1.54) is 0 Å². The van der Waals surface area contributed by atoms with Gasteiger partial charge in [-0.2, -0.15) is 0 Å². The van der Waals surface area contributed by atoms with Gasteiger partial charge in [0.15, 0.2) is 0 Å². The van der Waals surface area contributed by atoms with E-state index in [-0.39, 0.29) is 0 Å². The van der Waals surface area contributed by atoms with Gasteiger partial charge in [-0.25, -0.2) is 0 Å². The van der Waals surface area contributed by atoms with Crippen molar-refractivity contribution in [1.29, 1.82) is 0 Å². The van der Waals surface area contributed by atoms with E-state index in [0.717, 1.165) is 31.7 Å². The molecule has 0 aliphatic carbocycles. The summed E-state index contributed by atoms with van der Waals surface area (Å²) in [6, 6.07) is 0. The van der Waals surface area contributed by atoms with E-state index < -0.39 is 0 Å². The maximum atomic E-state index is 2.39. The van der Waals surface area contributed by atoms with E-state index in [4.69, 9.17) is 0 Å². The third kappa shape index (κ3) is 1.77. The van der Waals surface area contributed by atoms with Crippen molar-refractivity contribution in [3.8, 4) is 0 Å². The predicted molar refractivity (Wildman–Crippen MR) is 34.9 cm³/mol. The van der Waals surface area contributed by atoms with Gasteiger partial charge in [-0.15, -0.1) is 0 Å². The molecule has 1 aliphatic rings. The van der Waals surface area contributed by atoms with Crippen molar-refractivity contribution in [3.05, 3.63) is 0 Å². The van der Waals surface area contributed by atoms with Gasteiger partial charge in [-0.05, 0) is 0 Å². The summed E-state index contributed by atoms with van der Waals surface area (Å²) in [6.45, 7) is 4.78.